The molecule has 1 fully saturated rings. The summed E-state index contributed by atoms with van der Waals surface area (Å²) < 4.78 is 10.3. The molecule has 0 spiro atoms. The zero-order valence-corrected chi connectivity index (χ0v) is 14.2. The van der Waals surface area contributed by atoms with Gasteiger partial charge in [0.05, 0.1) is 12.3 Å². The molecule has 26 heavy (non-hydrogen) atoms. The van der Waals surface area contributed by atoms with E-state index in [0.29, 0.717) is 12.4 Å². The molecule has 1 saturated heterocycles. The molecule has 1 aliphatic rings. The lowest BCUT2D eigenvalue weighted by molar-refractivity contribution is -0.295. The number of carbonyl (C=O) groups excluding carboxylic acids is 1. The molecule has 1 aromatic rings. The molecule has 10 heteroatoms. The molecule has 5 atom stereocenters. The van der Waals surface area contributed by atoms with Crippen molar-refractivity contribution in [3.8, 4) is 5.75 Å². The van der Waals surface area contributed by atoms with Crippen LogP contribution >= 0.6 is 0 Å². The van der Waals surface area contributed by atoms with Crippen LogP contribution in [0.25, 0.3) is 0 Å². The molecule has 0 radical (unpaired) electrons. The number of hydrogen-bond donors (Lipinski definition) is 4. The molecular weight excluding hydrogens is 350 g/mol. The summed E-state index contributed by atoms with van der Waals surface area (Å²) in [6.45, 7) is 3.47. The Morgan fingerprint density at radius 3 is 2.23 bits per heavy atom. The zero-order chi connectivity index (χ0) is 19.4. The van der Waals surface area contributed by atoms with Gasteiger partial charge in [-0.3, -0.25) is 4.79 Å². The number of rotatable bonds is 6. The Kier molecular flexibility index (Phi) is 6.51. The van der Waals surface area contributed by atoms with Crippen LogP contribution in [0.5, 0.6) is 5.75 Å². The van der Waals surface area contributed by atoms with Crippen LogP contribution in [0.4, 0.5) is 5.69 Å². The molecule has 4 N–H and O–H groups in total. The lowest BCUT2D eigenvalue weighted by Crippen LogP contribution is -2.61. The number of hydrogen-bond acceptors (Lipinski definition) is 8. The third kappa shape index (κ3) is 4.29. The molecule has 0 aromatic heterocycles. The quantitative estimate of drug-likeness (QED) is 0.475. The first-order valence-corrected chi connectivity index (χ1v) is 7.89. The lowest BCUT2D eigenvalue weighted by Gasteiger charge is -2.39. The van der Waals surface area contributed by atoms with Crippen LogP contribution in [0.1, 0.15) is 13.8 Å². The topological polar surface area (TPSA) is 146 Å². The number of hydroxylamine groups is 1. The second-order valence-corrected chi connectivity index (χ2v) is 5.58. The summed E-state index contributed by atoms with van der Waals surface area (Å²) in [5.41, 5.74) is 0.268. The molecule has 0 unspecified atom stereocenters. The first kappa shape index (κ1) is 20.1. The molecule has 1 aliphatic heterocycles. The Bertz CT molecular complexity index is 635. The standard InChI is InChI=1S/C16H21NO9/c1-3-24-10-6-4-9(5-7-10)17(8(2)18)26-16-13(21)11(19)12(20)14(25-16)15(22)23/h4-7,11-14,16,19-21H,3H2,1-2H3,(H,22,23)/t11-,12-,13+,14-,16-/m0/s1. The number of aliphatic carboxylic acids is 1. The van der Waals surface area contributed by atoms with E-state index in [9.17, 15) is 24.9 Å². The molecule has 144 valence electrons. The number of benzene rings is 1. The number of anilines is 1. The van der Waals surface area contributed by atoms with E-state index >= 15 is 0 Å². The van der Waals surface area contributed by atoms with Crippen molar-refractivity contribution in [3.05, 3.63) is 24.3 Å². The second kappa shape index (κ2) is 8.43. The summed E-state index contributed by atoms with van der Waals surface area (Å²) in [6.07, 6.45) is -8.97. The Hall–Kier alpha value is -2.24. The van der Waals surface area contributed by atoms with Gasteiger partial charge in [0.1, 0.15) is 24.1 Å². The third-order valence-electron chi connectivity index (χ3n) is 3.69. The average molecular weight is 371 g/mol. The van der Waals surface area contributed by atoms with E-state index in [1.807, 2.05) is 6.92 Å². The summed E-state index contributed by atoms with van der Waals surface area (Å²) in [7, 11) is 0. The Morgan fingerprint density at radius 1 is 1.12 bits per heavy atom. The molecule has 0 aliphatic carbocycles. The number of carbonyl (C=O) groups is 2. The van der Waals surface area contributed by atoms with Crippen molar-refractivity contribution in [2.24, 2.45) is 0 Å². The highest BCUT2D eigenvalue weighted by molar-refractivity contribution is 5.89. The van der Waals surface area contributed by atoms with Crippen LogP contribution in [-0.2, 0) is 19.2 Å². The summed E-state index contributed by atoms with van der Waals surface area (Å²) in [5, 5.41) is 39.3. The predicted molar refractivity (Wildman–Crippen MR) is 86.2 cm³/mol. The summed E-state index contributed by atoms with van der Waals surface area (Å²) in [5.74, 6) is -1.57. The minimum absolute atomic E-state index is 0.268. The van der Waals surface area contributed by atoms with Crippen molar-refractivity contribution in [1.82, 2.24) is 0 Å². The number of amides is 1. The molecule has 0 saturated carbocycles. The first-order chi connectivity index (χ1) is 12.3. The number of nitrogens with zero attached hydrogens (tertiary/aromatic N) is 1. The van der Waals surface area contributed by atoms with E-state index in [1.165, 1.54) is 19.1 Å². The van der Waals surface area contributed by atoms with Gasteiger partial charge in [0, 0.05) is 6.92 Å². The highest BCUT2D eigenvalue weighted by atomic mass is 16.8. The van der Waals surface area contributed by atoms with E-state index < -0.39 is 42.6 Å². The van der Waals surface area contributed by atoms with Gasteiger partial charge in [-0.15, -0.1) is 0 Å². The Balaban J connectivity index is 2.20. The van der Waals surface area contributed by atoms with E-state index in [-0.39, 0.29) is 5.69 Å². The average Bonchev–Trinajstić information content (AvgIpc) is 2.60. The smallest absolute Gasteiger partial charge is 0.335 e. The number of aliphatic hydroxyl groups excluding tert-OH is 3. The van der Waals surface area contributed by atoms with Gasteiger partial charge < -0.3 is 29.9 Å². The van der Waals surface area contributed by atoms with Crippen LogP contribution in [0.2, 0.25) is 0 Å². The summed E-state index contributed by atoms with van der Waals surface area (Å²) >= 11 is 0. The third-order valence-corrected chi connectivity index (χ3v) is 3.69. The van der Waals surface area contributed by atoms with Gasteiger partial charge in [0.15, 0.2) is 6.10 Å². The van der Waals surface area contributed by atoms with Gasteiger partial charge in [0.2, 0.25) is 12.2 Å². The predicted octanol–water partition coefficient (Wildman–Crippen LogP) is -0.738. The summed E-state index contributed by atoms with van der Waals surface area (Å²) in [6, 6.07) is 6.22. The van der Waals surface area contributed by atoms with Crippen molar-refractivity contribution < 1.29 is 44.3 Å². The van der Waals surface area contributed by atoms with E-state index in [4.69, 9.17) is 19.4 Å². The van der Waals surface area contributed by atoms with E-state index in [1.54, 1.807) is 12.1 Å². The minimum atomic E-state index is -1.85. The largest absolute Gasteiger partial charge is 0.494 e. The zero-order valence-electron chi connectivity index (χ0n) is 14.2. The highest BCUT2D eigenvalue weighted by Gasteiger charge is 2.48. The number of aliphatic hydroxyl groups is 3. The fourth-order valence-corrected chi connectivity index (χ4v) is 2.40. The monoisotopic (exact) mass is 371 g/mol. The Morgan fingerprint density at radius 2 is 1.73 bits per heavy atom. The van der Waals surface area contributed by atoms with Crippen LogP contribution in [0.15, 0.2) is 24.3 Å². The Labute approximate surface area is 149 Å². The first-order valence-electron chi connectivity index (χ1n) is 7.89. The van der Waals surface area contributed by atoms with Gasteiger partial charge >= 0.3 is 5.97 Å². The maximum atomic E-state index is 11.9. The van der Waals surface area contributed by atoms with Crippen molar-refractivity contribution in [3.63, 3.8) is 0 Å². The van der Waals surface area contributed by atoms with Gasteiger partial charge in [-0.2, -0.15) is 5.06 Å². The molecule has 2 rings (SSSR count). The molecule has 1 amide bonds. The molecule has 1 heterocycles. The lowest BCUT2D eigenvalue weighted by atomic mass is 9.99. The molecule has 10 nitrogen and oxygen atoms in total. The number of carboxylic acid groups (broad SMARTS) is 1. The number of carboxylic acids is 1. The number of ether oxygens (including phenoxy) is 2. The molecular formula is C16H21NO9. The summed E-state index contributed by atoms with van der Waals surface area (Å²) in [4.78, 5) is 28.3. The van der Waals surface area contributed by atoms with Crippen molar-refractivity contribution in [1.29, 1.82) is 0 Å². The highest BCUT2D eigenvalue weighted by Crippen LogP contribution is 2.26. The van der Waals surface area contributed by atoms with Crippen LogP contribution in [-0.4, -0.2) is 69.6 Å². The fraction of sp³-hybridized carbons (Fsp3) is 0.500. The van der Waals surface area contributed by atoms with Crippen LogP contribution in [0.3, 0.4) is 0 Å². The second-order valence-electron chi connectivity index (χ2n) is 5.58. The van der Waals surface area contributed by atoms with Gasteiger partial charge in [-0.1, -0.05) is 0 Å². The van der Waals surface area contributed by atoms with Crippen molar-refractivity contribution in [2.45, 2.75) is 44.6 Å². The van der Waals surface area contributed by atoms with Gasteiger partial charge in [-0.05, 0) is 31.2 Å². The van der Waals surface area contributed by atoms with Crippen LogP contribution in [0, 0.1) is 0 Å². The van der Waals surface area contributed by atoms with Crippen molar-refractivity contribution in [2.75, 3.05) is 11.7 Å². The van der Waals surface area contributed by atoms with Crippen LogP contribution < -0.4 is 9.80 Å². The fourth-order valence-electron chi connectivity index (χ4n) is 2.40. The van der Waals surface area contributed by atoms with E-state index in [2.05, 4.69) is 0 Å². The maximum absolute atomic E-state index is 11.9. The normalized spacial score (nSPS) is 28.4. The molecule has 0 bridgehead atoms. The van der Waals surface area contributed by atoms with Gasteiger partial charge in [-0.25, -0.2) is 9.63 Å². The molecule has 1 aromatic carbocycles. The maximum Gasteiger partial charge on any atom is 0.335 e. The minimum Gasteiger partial charge on any atom is -0.494 e. The van der Waals surface area contributed by atoms with Crippen molar-refractivity contribution >= 4 is 17.6 Å². The van der Waals surface area contributed by atoms with Gasteiger partial charge in [0.25, 0.3) is 0 Å². The van der Waals surface area contributed by atoms with E-state index in [0.717, 1.165) is 5.06 Å². The SMILES string of the molecule is CCOc1ccc(N(O[C@@H]2O[C@H](C(=O)O)[C@@H](O)[C@H](O)[C@H]2O)C(C)=O)cc1.